The second-order valence-corrected chi connectivity index (χ2v) is 14.4. The first-order valence-electron chi connectivity index (χ1n) is 20.8. The maximum absolute atomic E-state index is 2.68. The van der Waals surface area contributed by atoms with Crippen molar-refractivity contribution in [1.29, 1.82) is 0 Å². The molecule has 1 heteroatoms. The Labute approximate surface area is 279 Å². The summed E-state index contributed by atoms with van der Waals surface area (Å²) in [4.78, 5) is 0. The van der Waals surface area contributed by atoms with Crippen molar-refractivity contribution in [2.75, 3.05) is 0 Å². The van der Waals surface area contributed by atoms with Gasteiger partial charge in [-0.3, -0.25) is 0 Å². The highest BCUT2D eigenvalue weighted by atomic mass is 15.0. The third kappa shape index (κ3) is 25.4. The zero-order valence-electron chi connectivity index (χ0n) is 30.9. The standard InChI is InChI=1S/C43H82N/c1-4-7-10-13-16-19-22-24-27-30-33-37-42-38-36-41-44(40-35-32-29-26-21-18-15-12-9-6-3)43(42)39-34-31-28-25-23-20-17-14-11-8-5-2/h36,38,41H,4-35,37,39-40H2,1-3H3/q+1. The predicted octanol–water partition coefficient (Wildman–Crippen LogP) is 14.6. The monoisotopic (exact) mass is 613 g/mol. The highest BCUT2D eigenvalue weighted by Crippen LogP contribution is 2.18. The second-order valence-electron chi connectivity index (χ2n) is 14.4. The van der Waals surface area contributed by atoms with E-state index < -0.39 is 0 Å². The van der Waals surface area contributed by atoms with Crippen molar-refractivity contribution in [2.45, 2.75) is 246 Å². The number of aromatic nitrogens is 1. The maximum atomic E-state index is 2.68. The Morgan fingerprint density at radius 1 is 0.364 bits per heavy atom. The Balaban J connectivity index is 2.39. The predicted molar refractivity (Wildman–Crippen MR) is 199 cm³/mol. The normalized spacial score (nSPS) is 11.5. The van der Waals surface area contributed by atoms with E-state index in [4.69, 9.17) is 0 Å². The molecule has 0 aromatic carbocycles. The quantitative estimate of drug-likeness (QED) is 0.0530. The van der Waals surface area contributed by atoms with E-state index in [1.54, 1.807) is 11.3 Å². The Hall–Kier alpha value is -0.850. The molecule has 0 aliphatic rings. The molecule has 1 aromatic heterocycles. The van der Waals surface area contributed by atoms with E-state index in [1.165, 1.54) is 225 Å². The third-order valence-electron chi connectivity index (χ3n) is 10.1. The van der Waals surface area contributed by atoms with Gasteiger partial charge in [-0.25, -0.2) is 4.57 Å². The van der Waals surface area contributed by atoms with Gasteiger partial charge in [0.05, 0.1) is 0 Å². The molecule has 1 rings (SSSR count). The van der Waals surface area contributed by atoms with E-state index in [-0.39, 0.29) is 0 Å². The highest BCUT2D eigenvalue weighted by Gasteiger charge is 2.15. The number of unbranched alkanes of at least 4 members (excludes halogenated alkanes) is 29. The molecule has 0 amide bonds. The summed E-state index contributed by atoms with van der Waals surface area (Å²) in [6.07, 6.45) is 50.8. The minimum absolute atomic E-state index is 1.23. The van der Waals surface area contributed by atoms with Crippen LogP contribution in [0.1, 0.15) is 237 Å². The molecule has 0 saturated carbocycles. The average Bonchev–Trinajstić information content (AvgIpc) is 3.04. The molecule has 0 bridgehead atoms. The summed E-state index contributed by atoms with van der Waals surface area (Å²) in [6.45, 7) is 8.18. The fraction of sp³-hybridized carbons (Fsp3) is 0.884. The first-order chi connectivity index (χ1) is 21.8. The van der Waals surface area contributed by atoms with Crippen LogP contribution in [0.4, 0.5) is 0 Å². The molecule has 0 radical (unpaired) electrons. The molecule has 0 aliphatic heterocycles. The van der Waals surface area contributed by atoms with Crippen molar-refractivity contribution in [2.24, 2.45) is 0 Å². The fourth-order valence-electron chi connectivity index (χ4n) is 7.08. The first-order valence-corrected chi connectivity index (χ1v) is 20.8. The molecule has 258 valence electrons. The third-order valence-corrected chi connectivity index (χ3v) is 10.1. The average molecular weight is 613 g/mol. The number of aryl methyl sites for hydroxylation is 2. The maximum Gasteiger partial charge on any atom is 0.184 e. The lowest BCUT2D eigenvalue weighted by Gasteiger charge is -2.11. The van der Waals surface area contributed by atoms with E-state index in [0.717, 1.165) is 0 Å². The number of pyridine rings is 1. The van der Waals surface area contributed by atoms with Crippen molar-refractivity contribution in [1.82, 2.24) is 0 Å². The molecule has 1 nitrogen and oxygen atoms in total. The van der Waals surface area contributed by atoms with Gasteiger partial charge in [-0.05, 0) is 31.7 Å². The van der Waals surface area contributed by atoms with E-state index >= 15 is 0 Å². The molecule has 44 heavy (non-hydrogen) atoms. The van der Waals surface area contributed by atoms with Gasteiger partial charge in [0.2, 0.25) is 0 Å². The van der Waals surface area contributed by atoms with Crippen LogP contribution in [0.25, 0.3) is 0 Å². The summed E-state index contributed by atoms with van der Waals surface area (Å²) in [6, 6.07) is 4.83. The zero-order chi connectivity index (χ0) is 31.6. The van der Waals surface area contributed by atoms with Gasteiger partial charge in [0, 0.05) is 24.5 Å². The number of hydrogen-bond acceptors (Lipinski definition) is 0. The van der Waals surface area contributed by atoms with Crippen LogP contribution in [0.3, 0.4) is 0 Å². The van der Waals surface area contributed by atoms with Crippen molar-refractivity contribution >= 4 is 0 Å². The van der Waals surface area contributed by atoms with Gasteiger partial charge >= 0.3 is 0 Å². The Bertz CT molecular complexity index is 694. The summed E-state index contributed by atoms with van der Waals surface area (Å²) in [5.41, 5.74) is 3.36. The minimum Gasteiger partial charge on any atom is -0.202 e. The van der Waals surface area contributed by atoms with Gasteiger partial charge in [-0.1, -0.05) is 201 Å². The van der Waals surface area contributed by atoms with E-state index in [2.05, 4.69) is 43.7 Å². The molecule has 0 atom stereocenters. The van der Waals surface area contributed by atoms with E-state index in [0.29, 0.717) is 0 Å². The van der Waals surface area contributed by atoms with Crippen LogP contribution in [0, 0.1) is 0 Å². The Morgan fingerprint density at radius 2 is 0.682 bits per heavy atom. The molecule has 0 aliphatic carbocycles. The van der Waals surface area contributed by atoms with Gasteiger partial charge in [0.15, 0.2) is 11.9 Å². The van der Waals surface area contributed by atoms with Crippen molar-refractivity contribution in [3.63, 3.8) is 0 Å². The molecule has 0 saturated heterocycles. The molecule has 0 spiro atoms. The largest absolute Gasteiger partial charge is 0.202 e. The molecule has 0 N–H and O–H groups in total. The van der Waals surface area contributed by atoms with Crippen LogP contribution in [0.2, 0.25) is 0 Å². The first kappa shape index (κ1) is 41.2. The number of rotatable bonds is 35. The van der Waals surface area contributed by atoms with Crippen LogP contribution in [0.15, 0.2) is 18.3 Å². The van der Waals surface area contributed by atoms with Crippen molar-refractivity contribution in [3.8, 4) is 0 Å². The second kappa shape index (κ2) is 33.5. The topological polar surface area (TPSA) is 3.88 Å². The SMILES string of the molecule is CCCCCCCCCCCCCc1ccc[n+](CCCCCCCCCCCC)c1CCCCCCCCCCCCC. The van der Waals surface area contributed by atoms with Gasteiger partial charge < -0.3 is 0 Å². The van der Waals surface area contributed by atoms with Gasteiger partial charge in [-0.2, -0.15) is 0 Å². The highest BCUT2D eigenvalue weighted by molar-refractivity contribution is 5.16. The fourth-order valence-corrected chi connectivity index (χ4v) is 7.08. The molecule has 1 aromatic rings. The van der Waals surface area contributed by atoms with Crippen LogP contribution < -0.4 is 4.57 Å². The van der Waals surface area contributed by atoms with Gasteiger partial charge in [-0.15, -0.1) is 0 Å². The van der Waals surface area contributed by atoms with Gasteiger partial charge in [0.25, 0.3) is 0 Å². The Morgan fingerprint density at radius 3 is 1.07 bits per heavy atom. The summed E-state index contributed by atoms with van der Waals surface area (Å²) in [5.74, 6) is 0. The van der Waals surface area contributed by atoms with E-state index in [1.807, 2.05) is 0 Å². The van der Waals surface area contributed by atoms with Crippen LogP contribution in [0.5, 0.6) is 0 Å². The lowest BCUT2D eigenvalue weighted by Crippen LogP contribution is -2.39. The smallest absolute Gasteiger partial charge is 0.184 e. The van der Waals surface area contributed by atoms with Gasteiger partial charge in [0.1, 0.15) is 6.54 Å². The molecular formula is C43H82N+. The van der Waals surface area contributed by atoms with Crippen molar-refractivity contribution < 1.29 is 4.57 Å². The zero-order valence-corrected chi connectivity index (χ0v) is 30.9. The number of nitrogens with zero attached hydrogens (tertiary/aromatic N) is 1. The lowest BCUT2D eigenvalue weighted by atomic mass is 9.99. The molecular weight excluding hydrogens is 530 g/mol. The molecule has 0 fully saturated rings. The minimum atomic E-state index is 1.23. The number of hydrogen-bond donors (Lipinski definition) is 0. The summed E-state index contributed by atoms with van der Waals surface area (Å²) in [7, 11) is 0. The molecule has 1 heterocycles. The van der Waals surface area contributed by atoms with Crippen molar-refractivity contribution in [3.05, 3.63) is 29.6 Å². The van der Waals surface area contributed by atoms with Crippen LogP contribution >= 0.6 is 0 Å². The van der Waals surface area contributed by atoms with E-state index in [9.17, 15) is 0 Å². The summed E-state index contributed by atoms with van der Waals surface area (Å²) >= 11 is 0. The lowest BCUT2D eigenvalue weighted by molar-refractivity contribution is -0.705. The molecule has 0 unspecified atom stereocenters. The Kier molecular flexibility index (Phi) is 31.4. The van der Waals surface area contributed by atoms with Crippen LogP contribution in [-0.2, 0) is 19.4 Å². The summed E-state index contributed by atoms with van der Waals surface area (Å²) in [5, 5.41) is 0. The summed E-state index contributed by atoms with van der Waals surface area (Å²) < 4.78 is 2.68. The van der Waals surface area contributed by atoms with Crippen LogP contribution in [-0.4, -0.2) is 0 Å².